The van der Waals surface area contributed by atoms with E-state index in [2.05, 4.69) is 10.2 Å². The van der Waals surface area contributed by atoms with Gasteiger partial charge in [-0.3, -0.25) is 4.79 Å². The number of nitrogens with one attached hydrogen (secondary N) is 1. The number of halogens is 1. The number of hydrogen-bond acceptors (Lipinski definition) is 3. The third-order valence-corrected chi connectivity index (χ3v) is 4.38. The number of carbonyl (C=O) groups excluding carboxylic acids is 1. The molecule has 1 aromatic carbocycles. The second kappa shape index (κ2) is 9.55. The van der Waals surface area contributed by atoms with Crippen molar-refractivity contribution in [3.63, 3.8) is 0 Å². The number of methoxy groups -OCH3 is 1. The molecule has 5 heteroatoms. The maximum atomic E-state index is 13.2. The minimum atomic E-state index is -0.290. The highest BCUT2D eigenvalue weighted by atomic mass is 19.1. The second-order valence-corrected chi connectivity index (χ2v) is 6.31. The predicted octanol–water partition coefficient (Wildman–Crippen LogP) is 2.85. The molecule has 0 aliphatic carbocycles. The summed E-state index contributed by atoms with van der Waals surface area (Å²) in [4.78, 5) is 14.6. The molecule has 24 heavy (non-hydrogen) atoms. The van der Waals surface area contributed by atoms with Crippen LogP contribution in [0.4, 0.5) is 4.39 Å². The molecular formula is C19H27FN2O2. The van der Waals surface area contributed by atoms with E-state index >= 15 is 0 Å². The first-order valence-corrected chi connectivity index (χ1v) is 8.54. The van der Waals surface area contributed by atoms with E-state index in [9.17, 15) is 9.18 Å². The van der Waals surface area contributed by atoms with Gasteiger partial charge in [0.1, 0.15) is 5.82 Å². The van der Waals surface area contributed by atoms with Gasteiger partial charge < -0.3 is 15.0 Å². The van der Waals surface area contributed by atoms with Gasteiger partial charge in [-0.1, -0.05) is 12.1 Å². The molecule has 1 aromatic rings. The minimum Gasteiger partial charge on any atom is -0.385 e. The van der Waals surface area contributed by atoms with E-state index in [-0.39, 0.29) is 17.8 Å². The molecule has 132 valence electrons. The lowest BCUT2D eigenvalue weighted by Gasteiger charge is -2.32. The Bertz CT molecular complexity index is 566. The summed E-state index contributed by atoms with van der Waals surface area (Å²) in [5.41, 5.74) is 1.50. The fourth-order valence-corrected chi connectivity index (χ4v) is 2.99. The van der Waals surface area contributed by atoms with Crippen molar-refractivity contribution in [1.29, 1.82) is 0 Å². The molecule has 0 radical (unpaired) electrons. The lowest BCUT2D eigenvalue weighted by atomic mass is 10.0. The van der Waals surface area contributed by atoms with Crippen LogP contribution in [0.3, 0.4) is 0 Å². The Hall–Kier alpha value is -1.72. The second-order valence-electron chi connectivity index (χ2n) is 6.31. The molecule has 1 N–H and O–H groups in total. The van der Waals surface area contributed by atoms with Crippen molar-refractivity contribution in [3.8, 4) is 0 Å². The molecule has 4 nitrogen and oxygen atoms in total. The van der Waals surface area contributed by atoms with E-state index in [0.29, 0.717) is 0 Å². The zero-order chi connectivity index (χ0) is 17.4. The molecule has 0 aromatic heterocycles. The first-order chi connectivity index (χ1) is 11.6. The first-order valence-electron chi connectivity index (χ1n) is 8.54. The van der Waals surface area contributed by atoms with Crippen molar-refractivity contribution in [2.75, 3.05) is 33.4 Å². The van der Waals surface area contributed by atoms with Gasteiger partial charge in [0.05, 0.1) is 0 Å². The van der Waals surface area contributed by atoms with Crippen LogP contribution in [0.15, 0.2) is 30.3 Å². The van der Waals surface area contributed by atoms with Crippen molar-refractivity contribution in [2.45, 2.75) is 32.2 Å². The number of likely N-dealkylation sites (tertiary alicyclic amines) is 1. The van der Waals surface area contributed by atoms with Gasteiger partial charge in [-0.05, 0) is 49.5 Å². The molecule has 1 aliphatic rings. The number of carbonyl (C=O) groups is 1. The Labute approximate surface area is 143 Å². The Kier molecular flexibility index (Phi) is 7.40. The topological polar surface area (TPSA) is 41.6 Å². The van der Waals surface area contributed by atoms with Crippen LogP contribution in [0.25, 0.3) is 5.57 Å². The fourth-order valence-electron chi connectivity index (χ4n) is 2.99. The summed E-state index contributed by atoms with van der Waals surface area (Å²) in [7, 11) is 1.72. The van der Waals surface area contributed by atoms with Crippen LogP contribution in [0.1, 0.15) is 31.7 Å². The SMILES string of the molecule is COCCCN1CCC(NC(=O)C=C(C)c2cccc(F)c2)CC1. The van der Waals surface area contributed by atoms with Gasteiger partial charge in [0.2, 0.25) is 5.91 Å². The summed E-state index contributed by atoms with van der Waals surface area (Å²) in [5, 5.41) is 3.06. The van der Waals surface area contributed by atoms with Crippen LogP contribution in [-0.4, -0.2) is 50.2 Å². The largest absolute Gasteiger partial charge is 0.385 e. The van der Waals surface area contributed by atoms with Crippen LogP contribution in [-0.2, 0) is 9.53 Å². The van der Waals surface area contributed by atoms with Gasteiger partial charge in [-0.25, -0.2) is 4.39 Å². The van der Waals surface area contributed by atoms with Gasteiger partial charge in [-0.2, -0.15) is 0 Å². The molecule has 0 bridgehead atoms. The van der Waals surface area contributed by atoms with Gasteiger partial charge >= 0.3 is 0 Å². The molecular weight excluding hydrogens is 307 g/mol. The average molecular weight is 334 g/mol. The van der Waals surface area contributed by atoms with Crippen LogP contribution >= 0.6 is 0 Å². The van der Waals surface area contributed by atoms with E-state index in [1.54, 1.807) is 25.3 Å². The average Bonchev–Trinajstić information content (AvgIpc) is 2.56. The quantitative estimate of drug-likeness (QED) is 0.616. The summed E-state index contributed by atoms with van der Waals surface area (Å²) >= 11 is 0. The molecule has 1 fully saturated rings. The fraction of sp³-hybridized carbons (Fsp3) is 0.526. The zero-order valence-corrected chi connectivity index (χ0v) is 14.6. The van der Waals surface area contributed by atoms with Crippen molar-refractivity contribution in [1.82, 2.24) is 10.2 Å². The normalized spacial score (nSPS) is 17.0. The Morgan fingerprint density at radius 3 is 2.83 bits per heavy atom. The molecule has 0 saturated carbocycles. The lowest BCUT2D eigenvalue weighted by Crippen LogP contribution is -2.44. The molecule has 1 saturated heterocycles. The highest BCUT2D eigenvalue weighted by Crippen LogP contribution is 2.15. The highest BCUT2D eigenvalue weighted by molar-refractivity contribution is 5.95. The van der Waals surface area contributed by atoms with Crippen LogP contribution < -0.4 is 5.32 Å². The third-order valence-electron chi connectivity index (χ3n) is 4.38. The van der Waals surface area contributed by atoms with Gasteiger partial charge in [0.25, 0.3) is 0 Å². The van der Waals surface area contributed by atoms with Crippen molar-refractivity contribution in [3.05, 3.63) is 41.7 Å². The van der Waals surface area contributed by atoms with Crippen molar-refractivity contribution >= 4 is 11.5 Å². The van der Waals surface area contributed by atoms with Crippen LogP contribution in [0.5, 0.6) is 0 Å². The highest BCUT2D eigenvalue weighted by Gasteiger charge is 2.19. The third kappa shape index (κ3) is 6.06. The Morgan fingerprint density at radius 1 is 1.42 bits per heavy atom. The number of amides is 1. The Morgan fingerprint density at radius 2 is 2.17 bits per heavy atom. The minimum absolute atomic E-state index is 0.102. The number of nitrogens with zero attached hydrogens (tertiary/aromatic N) is 1. The molecule has 1 aliphatic heterocycles. The maximum absolute atomic E-state index is 13.2. The van der Waals surface area contributed by atoms with E-state index in [0.717, 1.165) is 56.6 Å². The predicted molar refractivity (Wildman–Crippen MR) is 94.1 cm³/mol. The van der Waals surface area contributed by atoms with Gasteiger partial charge in [-0.15, -0.1) is 0 Å². The van der Waals surface area contributed by atoms with E-state index in [1.165, 1.54) is 12.1 Å². The molecule has 0 unspecified atom stereocenters. The Balaban J connectivity index is 1.78. The van der Waals surface area contributed by atoms with Crippen LogP contribution in [0.2, 0.25) is 0 Å². The number of ether oxygens (including phenoxy) is 1. The molecule has 1 amide bonds. The maximum Gasteiger partial charge on any atom is 0.244 e. The summed E-state index contributed by atoms with van der Waals surface area (Å²) in [6.45, 7) is 5.67. The number of benzene rings is 1. The molecule has 2 rings (SSSR count). The molecule has 0 spiro atoms. The summed E-state index contributed by atoms with van der Waals surface area (Å²) < 4.78 is 18.3. The number of allylic oxidation sites excluding steroid dienone is 1. The number of rotatable bonds is 7. The summed E-state index contributed by atoms with van der Waals surface area (Å²) in [5.74, 6) is -0.393. The van der Waals surface area contributed by atoms with E-state index in [1.807, 2.05) is 6.92 Å². The molecule has 0 atom stereocenters. The van der Waals surface area contributed by atoms with Crippen LogP contribution in [0, 0.1) is 5.82 Å². The standard InChI is InChI=1S/C19H27FN2O2/c1-15(16-5-3-6-17(20)14-16)13-19(23)21-18-7-10-22(11-8-18)9-4-12-24-2/h3,5-6,13-14,18H,4,7-12H2,1-2H3,(H,21,23). The monoisotopic (exact) mass is 334 g/mol. The van der Waals surface area contributed by atoms with Crippen molar-refractivity contribution in [2.24, 2.45) is 0 Å². The van der Waals surface area contributed by atoms with Gasteiger partial charge in [0, 0.05) is 45.5 Å². The lowest BCUT2D eigenvalue weighted by molar-refractivity contribution is -0.117. The summed E-state index contributed by atoms with van der Waals surface area (Å²) in [6.07, 6.45) is 4.53. The first kappa shape index (κ1) is 18.6. The van der Waals surface area contributed by atoms with E-state index < -0.39 is 0 Å². The van der Waals surface area contributed by atoms with Gasteiger partial charge in [0.15, 0.2) is 0 Å². The summed E-state index contributed by atoms with van der Waals surface area (Å²) in [6, 6.07) is 6.52. The number of piperidine rings is 1. The zero-order valence-electron chi connectivity index (χ0n) is 14.6. The number of hydrogen-bond donors (Lipinski definition) is 1. The van der Waals surface area contributed by atoms with E-state index in [4.69, 9.17) is 4.74 Å². The molecule has 1 heterocycles. The van der Waals surface area contributed by atoms with Crippen molar-refractivity contribution < 1.29 is 13.9 Å². The smallest absolute Gasteiger partial charge is 0.244 e.